The van der Waals surface area contributed by atoms with Crippen molar-refractivity contribution < 1.29 is 23.7 Å². The SMILES string of the molecule is COc1ccc(-c2cnncc2-c2cc(OC)c(OC)c(OC)c2)cc1OCc1ccccc1. The molecule has 1 aromatic heterocycles. The van der Waals surface area contributed by atoms with Gasteiger partial charge in [0.15, 0.2) is 23.0 Å². The van der Waals surface area contributed by atoms with E-state index in [0.29, 0.717) is 35.4 Å². The van der Waals surface area contributed by atoms with E-state index in [1.54, 1.807) is 40.8 Å². The largest absolute Gasteiger partial charge is 0.493 e. The van der Waals surface area contributed by atoms with Crippen molar-refractivity contribution >= 4 is 0 Å². The summed E-state index contributed by atoms with van der Waals surface area (Å²) in [5.41, 5.74) is 4.55. The van der Waals surface area contributed by atoms with Crippen molar-refractivity contribution in [1.29, 1.82) is 0 Å². The van der Waals surface area contributed by atoms with Crippen LogP contribution in [-0.2, 0) is 6.61 Å². The van der Waals surface area contributed by atoms with Crippen LogP contribution in [0.25, 0.3) is 22.3 Å². The van der Waals surface area contributed by atoms with Gasteiger partial charge in [0.2, 0.25) is 5.75 Å². The molecule has 0 spiro atoms. The van der Waals surface area contributed by atoms with Gasteiger partial charge in [-0.2, -0.15) is 10.2 Å². The lowest BCUT2D eigenvalue weighted by atomic mass is 9.96. The van der Waals surface area contributed by atoms with Crippen LogP contribution in [0.2, 0.25) is 0 Å². The van der Waals surface area contributed by atoms with Crippen LogP contribution in [0.15, 0.2) is 73.1 Å². The Balaban J connectivity index is 1.76. The van der Waals surface area contributed by atoms with Crippen LogP contribution in [-0.4, -0.2) is 38.6 Å². The van der Waals surface area contributed by atoms with E-state index in [9.17, 15) is 0 Å². The molecule has 3 aromatic carbocycles. The fraction of sp³-hybridized carbons (Fsp3) is 0.185. The Morgan fingerprint density at radius 3 is 1.76 bits per heavy atom. The molecular formula is C27H26N2O5. The molecule has 4 aromatic rings. The minimum Gasteiger partial charge on any atom is -0.493 e. The molecule has 0 unspecified atom stereocenters. The summed E-state index contributed by atoms with van der Waals surface area (Å²) in [6.45, 7) is 0.426. The topological polar surface area (TPSA) is 71.9 Å². The third-order valence-corrected chi connectivity index (χ3v) is 5.42. The fourth-order valence-corrected chi connectivity index (χ4v) is 3.71. The summed E-state index contributed by atoms with van der Waals surface area (Å²) in [4.78, 5) is 0. The second-order valence-corrected chi connectivity index (χ2v) is 7.37. The maximum Gasteiger partial charge on any atom is 0.203 e. The maximum absolute atomic E-state index is 6.11. The molecule has 0 saturated heterocycles. The first-order chi connectivity index (χ1) is 16.7. The second-order valence-electron chi connectivity index (χ2n) is 7.37. The predicted octanol–water partition coefficient (Wildman–Crippen LogP) is 5.42. The van der Waals surface area contributed by atoms with Crippen LogP contribution < -0.4 is 23.7 Å². The number of hydrogen-bond acceptors (Lipinski definition) is 7. The number of methoxy groups -OCH3 is 4. The molecular weight excluding hydrogens is 432 g/mol. The summed E-state index contributed by atoms with van der Waals surface area (Å²) >= 11 is 0. The second kappa shape index (κ2) is 10.6. The first-order valence-electron chi connectivity index (χ1n) is 10.6. The molecule has 0 amide bonds. The Morgan fingerprint density at radius 1 is 0.588 bits per heavy atom. The highest BCUT2D eigenvalue weighted by molar-refractivity contribution is 5.85. The molecule has 0 bridgehead atoms. The van der Waals surface area contributed by atoms with Crippen molar-refractivity contribution in [1.82, 2.24) is 10.2 Å². The normalized spacial score (nSPS) is 10.5. The average molecular weight is 459 g/mol. The molecule has 4 rings (SSSR count). The highest BCUT2D eigenvalue weighted by Crippen LogP contribution is 2.43. The van der Waals surface area contributed by atoms with E-state index in [-0.39, 0.29) is 0 Å². The van der Waals surface area contributed by atoms with E-state index in [1.165, 1.54) is 0 Å². The third-order valence-electron chi connectivity index (χ3n) is 5.42. The quantitative estimate of drug-likeness (QED) is 0.331. The van der Waals surface area contributed by atoms with E-state index in [0.717, 1.165) is 27.8 Å². The molecule has 0 atom stereocenters. The van der Waals surface area contributed by atoms with Gasteiger partial charge in [0.25, 0.3) is 0 Å². The van der Waals surface area contributed by atoms with Gasteiger partial charge in [-0.15, -0.1) is 0 Å². The number of rotatable bonds is 9. The average Bonchev–Trinajstić information content (AvgIpc) is 2.91. The van der Waals surface area contributed by atoms with Crippen LogP contribution in [0.5, 0.6) is 28.7 Å². The zero-order valence-corrected chi connectivity index (χ0v) is 19.6. The molecule has 0 aliphatic carbocycles. The molecule has 34 heavy (non-hydrogen) atoms. The van der Waals surface area contributed by atoms with E-state index in [2.05, 4.69) is 10.2 Å². The summed E-state index contributed by atoms with van der Waals surface area (Å²) in [5, 5.41) is 8.24. The van der Waals surface area contributed by atoms with Gasteiger partial charge in [0.05, 0.1) is 40.8 Å². The first kappa shape index (κ1) is 22.9. The van der Waals surface area contributed by atoms with E-state index >= 15 is 0 Å². The van der Waals surface area contributed by atoms with Gasteiger partial charge in [-0.25, -0.2) is 0 Å². The van der Waals surface area contributed by atoms with Gasteiger partial charge in [-0.05, 0) is 41.0 Å². The van der Waals surface area contributed by atoms with Crippen LogP contribution in [0, 0.1) is 0 Å². The Kier molecular flexibility index (Phi) is 7.13. The lowest BCUT2D eigenvalue weighted by Gasteiger charge is -2.16. The van der Waals surface area contributed by atoms with Crippen molar-refractivity contribution in [3.05, 3.63) is 78.6 Å². The Labute approximate surface area is 198 Å². The van der Waals surface area contributed by atoms with E-state index in [4.69, 9.17) is 23.7 Å². The Hall–Kier alpha value is -4.26. The summed E-state index contributed by atoms with van der Waals surface area (Å²) in [6.07, 6.45) is 3.44. The molecule has 0 fully saturated rings. The smallest absolute Gasteiger partial charge is 0.203 e. The lowest BCUT2D eigenvalue weighted by molar-refractivity contribution is 0.284. The minimum absolute atomic E-state index is 0.426. The molecule has 0 aliphatic heterocycles. The van der Waals surface area contributed by atoms with Gasteiger partial charge in [0, 0.05) is 11.1 Å². The number of nitrogens with zero attached hydrogens (tertiary/aromatic N) is 2. The summed E-state index contributed by atoms with van der Waals surface area (Å²) in [7, 11) is 6.38. The highest BCUT2D eigenvalue weighted by atomic mass is 16.5. The number of hydrogen-bond donors (Lipinski definition) is 0. The van der Waals surface area contributed by atoms with Gasteiger partial charge in [-0.1, -0.05) is 36.4 Å². The lowest BCUT2D eigenvalue weighted by Crippen LogP contribution is -1.99. The predicted molar refractivity (Wildman–Crippen MR) is 130 cm³/mol. The van der Waals surface area contributed by atoms with Gasteiger partial charge in [-0.3, -0.25) is 0 Å². The minimum atomic E-state index is 0.426. The van der Waals surface area contributed by atoms with Crippen molar-refractivity contribution in [3.8, 4) is 51.0 Å². The summed E-state index contributed by atoms with van der Waals surface area (Å²) in [5.74, 6) is 2.92. The van der Waals surface area contributed by atoms with Gasteiger partial charge >= 0.3 is 0 Å². The van der Waals surface area contributed by atoms with Crippen molar-refractivity contribution in [3.63, 3.8) is 0 Å². The van der Waals surface area contributed by atoms with Gasteiger partial charge in [0.1, 0.15) is 6.61 Å². The summed E-state index contributed by atoms with van der Waals surface area (Å²) < 4.78 is 28.2. The van der Waals surface area contributed by atoms with Gasteiger partial charge < -0.3 is 23.7 Å². The molecule has 0 radical (unpaired) electrons. The molecule has 7 nitrogen and oxygen atoms in total. The van der Waals surface area contributed by atoms with Crippen LogP contribution in [0.3, 0.4) is 0 Å². The highest BCUT2D eigenvalue weighted by Gasteiger charge is 2.18. The fourth-order valence-electron chi connectivity index (χ4n) is 3.71. The monoisotopic (exact) mass is 458 g/mol. The first-order valence-corrected chi connectivity index (χ1v) is 10.6. The number of aromatic nitrogens is 2. The zero-order valence-electron chi connectivity index (χ0n) is 19.6. The standard InChI is InChI=1S/C27H26N2O5/c1-30-23-11-10-19(12-24(23)34-17-18-8-6-5-7-9-18)21-15-28-29-16-22(21)20-13-25(31-2)27(33-4)26(14-20)32-3/h5-16H,17H2,1-4H3. The van der Waals surface area contributed by atoms with E-state index < -0.39 is 0 Å². The summed E-state index contributed by atoms with van der Waals surface area (Å²) in [6, 6.07) is 19.6. The Morgan fingerprint density at radius 2 is 1.18 bits per heavy atom. The van der Waals surface area contributed by atoms with Crippen LogP contribution >= 0.6 is 0 Å². The molecule has 174 valence electrons. The van der Waals surface area contributed by atoms with Crippen molar-refractivity contribution in [2.75, 3.05) is 28.4 Å². The molecule has 1 heterocycles. The third kappa shape index (κ3) is 4.73. The van der Waals surface area contributed by atoms with Crippen molar-refractivity contribution in [2.24, 2.45) is 0 Å². The number of ether oxygens (including phenoxy) is 5. The Bertz CT molecular complexity index is 1240. The molecule has 7 heteroatoms. The molecule has 0 N–H and O–H groups in total. The molecule has 0 saturated carbocycles. The maximum atomic E-state index is 6.11. The zero-order chi connectivity index (χ0) is 23.9. The molecule has 0 aliphatic rings. The van der Waals surface area contributed by atoms with Crippen molar-refractivity contribution in [2.45, 2.75) is 6.61 Å². The number of benzene rings is 3. The van der Waals surface area contributed by atoms with E-state index in [1.807, 2.05) is 60.7 Å². The van der Waals surface area contributed by atoms with Crippen LogP contribution in [0.1, 0.15) is 5.56 Å². The van der Waals surface area contributed by atoms with Crippen LogP contribution in [0.4, 0.5) is 0 Å².